The monoisotopic (exact) mass is 375 g/mol. The summed E-state index contributed by atoms with van der Waals surface area (Å²) in [5.74, 6) is -0.716. The molecule has 0 N–H and O–H groups in total. The lowest BCUT2D eigenvalue weighted by molar-refractivity contribution is -0.0506. The first-order valence-corrected chi connectivity index (χ1v) is 8.93. The van der Waals surface area contributed by atoms with Crippen LogP contribution >= 0.6 is 0 Å². The van der Waals surface area contributed by atoms with E-state index in [1.165, 1.54) is 17.7 Å². The van der Waals surface area contributed by atoms with Crippen molar-refractivity contribution in [3.05, 3.63) is 71.6 Å². The lowest BCUT2D eigenvalue weighted by atomic mass is 9.89. The topological polar surface area (TPSA) is 21.7 Å². The van der Waals surface area contributed by atoms with Crippen molar-refractivity contribution in [3.63, 3.8) is 0 Å². The van der Waals surface area contributed by atoms with Gasteiger partial charge in [-0.2, -0.15) is 8.78 Å². The molecule has 0 saturated carbocycles. The van der Waals surface area contributed by atoms with Crippen LogP contribution in [0.4, 0.5) is 13.2 Å². The molecule has 0 amide bonds. The average molecular weight is 375 g/mol. The van der Waals surface area contributed by atoms with Crippen molar-refractivity contribution < 1.29 is 22.6 Å². The van der Waals surface area contributed by atoms with E-state index in [2.05, 4.69) is 21.8 Å². The van der Waals surface area contributed by atoms with E-state index in [0.717, 1.165) is 18.2 Å². The second-order valence-corrected chi connectivity index (χ2v) is 6.83. The van der Waals surface area contributed by atoms with Crippen molar-refractivity contribution in [2.45, 2.75) is 31.7 Å². The summed E-state index contributed by atoms with van der Waals surface area (Å²) in [4.78, 5) is 2.37. The highest BCUT2D eigenvalue weighted by Crippen LogP contribution is 2.37. The van der Waals surface area contributed by atoms with Gasteiger partial charge in [0.05, 0.1) is 19.3 Å². The molecule has 2 aromatic rings. The van der Waals surface area contributed by atoms with E-state index in [0.29, 0.717) is 25.2 Å². The second-order valence-electron chi connectivity index (χ2n) is 6.83. The molecule has 2 bridgehead atoms. The van der Waals surface area contributed by atoms with Gasteiger partial charge in [0, 0.05) is 24.2 Å². The van der Waals surface area contributed by atoms with E-state index >= 15 is 0 Å². The van der Waals surface area contributed by atoms with Crippen molar-refractivity contribution in [2.75, 3.05) is 13.2 Å². The van der Waals surface area contributed by atoms with E-state index < -0.39 is 12.4 Å². The predicted octanol–water partition coefficient (Wildman–Crippen LogP) is 4.48. The molecule has 142 valence electrons. The summed E-state index contributed by atoms with van der Waals surface area (Å²) < 4.78 is 49.3. The van der Waals surface area contributed by atoms with E-state index in [1.807, 2.05) is 24.3 Å². The maximum absolute atomic E-state index is 13.5. The number of hydrogen-bond donors (Lipinski definition) is 0. The summed E-state index contributed by atoms with van der Waals surface area (Å²) in [5.41, 5.74) is 2.64. The molecule has 6 heteroatoms. The maximum atomic E-state index is 13.5. The number of benzene rings is 2. The van der Waals surface area contributed by atoms with Crippen LogP contribution < -0.4 is 4.74 Å². The third-order valence-corrected chi connectivity index (χ3v) is 5.06. The van der Waals surface area contributed by atoms with Gasteiger partial charge in [-0.25, -0.2) is 4.39 Å². The highest BCUT2D eigenvalue weighted by Gasteiger charge is 2.35. The SMILES string of the molecule is Fc1ccc(C2=CC3COCC(C2)N3Cc2ccccc2)c(OC(F)F)c1. The molecule has 2 aromatic carbocycles. The third kappa shape index (κ3) is 4.01. The molecule has 2 aliphatic heterocycles. The van der Waals surface area contributed by atoms with Gasteiger partial charge in [0.15, 0.2) is 0 Å². The Hall–Kier alpha value is -2.31. The van der Waals surface area contributed by atoms with E-state index in [-0.39, 0.29) is 17.8 Å². The van der Waals surface area contributed by atoms with Gasteiger partial charge in [-0.15, -0.1) is 0 Å². The van der Waals surface area contributed by atoms with Gasteiger partial charge in [0.2, 0.25) is 0 Å². The fraction of sp³-hybridized carbons (Fsp3) is 0.333. The molecule has 0 aromatic heterocycles. The highest BCUT2D eigenvalue weighted by atomic mass is 19.3. The molecule has 4 rings (SSSR count). The smallest absolute Gasteiger partial charge is 0.387 e. The quantitative estimate of drug-likeness (QED) is 0.769. The Morgan fingerprint density at radius 1 is 1.11 bits per heavy atom. The number of nitrogens with zero attached hydrogens (tertiary/aromatic N) is 1. The highest BCUT2D eigenvalue weighted by molar-refractivity contribution is 5.72. The molecular formula is C21H20F3NO2. The summed E-state index contributed by atoms with van der Waals surface area (Å²) in [6.07, 6.45) is 2.67. The minimum atomic E-state index is -2.99. The zero-order valence-electron chi connectivity index (χ0n) is 14.7. The molecule has 1 fully saturated rings. The van der Waals surface area contributed by atoms with Gasteiger partial charge in [0.1, 0.15) is 11.6 Å². The van der Waals surface area contributed by atoms with Crippen molar-refractivity contribution in [2.24, 2.45) is 0 Å². The Morgan fingerprint density at radius 3 is 2.67 bits per heavy atom. The third-order valence-electron chi connectivity index (χ3n) is 5.06. The van der Waals surface area contributed by atoms with Crippen molar-refractivity contribution in [1.29, 1.82) is 0 Å². The normalized spacial score (nSPS) is 22.6. The zero-order valence-corrected chi connectivity index (χ0v) is 14.7. The summed E-state index contributed by atoms with van der Waals surface area (Å²) in [6.45, 7) is -1.08. The molecule has 2 aliphatic rings. The van der Waals surface area contributed by atoms with Crippen LogP contribution in [0.5, 0.6) is 5.75 Å². The van der Waals surface area contributed by atoms with Gasteiger partial charge in [-0.05, 0) is 29.7 Å². The summed E-state index contributed by atoms with van der Waals surface area (Å²) >= 11 is 0. The Morgan fingerprint density at radius 2 is 1.93 bits per heavy atom. The van der Waals surface area contributed by atoms with Crippen molar-refractivity contribution >= 4 is 5.57 Å². The lowest BCUT2D eigenvalue weighted by Crippen LogP contribution is -2.53. The van der Waals surface area contributed by atoms with Crippen molar-refractivity contribution in [1.82, 2.24) is 4.90 Å². The van der Waals surface area contributed by atoms with Gasteiger partial charge in [0.25, 0.3) is 0 Å². The van der Waals surface area contributed by atoms with Gasteiger partial charge in [-0.1, -0.05) is 36.4 Å². The fourth-order valence-corrected chi connectivity index (χ4v) is 3.86. The first kappa shape index (κ1) is 18.1. The summed E-state index contributed by atoms with van der Waals surface area (Å²) in [5, 5.41) is 0. The van der Waals surface area contributed by atoms with Crippen LogP contribution in [-0.4, -0.2) is 36.8 Å². The first-order chi connectivity index (χ1) is 13.1. The minimum absolute atomic E-state index is 0.0390. The second kappa shape index (κ2) is 7.74. The summed E-state index contributed by atoms with van der Waals surface area (Å²) in [7, 11) is 0. The number of alkyl halides is 2. The molecule has 2 heterocycles. The van der Waals surface area contributed by atoms with Crippen LogP contribution in [0.25, 0.3) is 5.57 Å². The Kier molecular flexibility index (Phi) is 5.18. The van der Waals surface area contributed by atoms with Crippen LogP contribution in [0.1, 0.15) is 17.5 Å². The Balaban J connectivity index is 1.63. The number of fused-ring (bicyclic) bond motifs is 2. The van der Waals surface area contributed by atoms with E-state index in [9.17, 15) is 13.2 Å². The van der Waals surface area contributed by atoms with Crippen LogP contribution in [-0.2, 0) is 11.3 Å². The minimum Gasteiger partial charge on any atom is -0.434 e. The first-order valence-electron chi connectivity index (χ1n) is 8.93. The standard InChI is InChI=1S/C21H20F3NO2/c22-16-6-7-19(20(10-16)27-21(23)24)15-8-17-12-26-13-18(9-15)25(17)11-14-4-2-1-3-5-14/h1-8,10,17-18,21H,9,11-13H2. The molecule has 2 unspecified atom stereocenters. The zero-order chi connectivity index (χ0) is 18.8. The average Bonchev–Trinajstić information content (AvgIpc) is 2.62. The summed E-state index contributed by atoms with van der Waals surface area (Å²) in [6, 6.07) is 14.2. The van der Waals surface area contributed by atoms with Gasteiger partial charge >= 0.3 is 6.61 Å². The van der Waals surface area contributed by atoms with Gasteiger partial charge in [-0.3, -0.25) is 4.90 Å². The molecule has 27 heavy (non-hydrogen) atoms. The Labute approximate surface area is 156 Å². The molecule has 0 aliphatic carbocycles. The maximum Gasteiger partial charge on any atom is 0.387 e. The van der Waals surface area contributed by atoms with E-state index in [1.54, 1.807) is 0 Å². The van der Waals surface area contributed by atoms with Gasteiger partial charge < -0.3 is 9.47 Å². The molecule has 3 nitrogen and oxygen atoms in total. The van der Waals surface area contributed by atoms with Crippen LogP contribution in [0.2, 0.25) is 0 Å². The van der Waals surface area contributed by atoms with E-state index in [4.69, 9.17) is 4.74 Å². The molecule has 2 atom stereocenters. The predicted molar refractivity (Wildman–Crippen MR) is 96.0 cm³/mol. The number of ether oxygens (including phenoxy) is 2. The molecule has 0 radical (unpaired) electrons. The van der Waals surface area contributed by atoms with Crippen LogP contribution in [0.3, 0.4) is 0 Å². The number of hydrogen-bond acceptors (Lipinski definition) is 3. The van der Waals surface area contributed by atoms with Crippen molar-refractivity contribution in [3.8, 4) is 5.75 Å². The fourth-order valence-electron chi connectivity index (χ4n) is 3.86. The lowest BCUT2D eigenvalue weighted by Gasteiger charge is -2.45. The Bertz CT molecular complexity index is 825. The molecular weight excluding hydrogens is 355 g/mol. The number of halogens is 3. The molecule has 0 spiro atoms. The molecule has 1 saturated heterocycles. The number of morpholine rings is 1. The van der Waals surface area contributed by atoms with Crippen LogP contribution in [0, 0.1) is 5.82 Å². The largest absolute Gasteiger partial charge is 0.434 e. The van der Waals surface area contributed by atoms with Crippen LogP contribution in [0.15, 0.2) is 54.6 Å². The number of rotatable bonds is 5.